The highest BCUT2D eigenvalue weighted by molar-refractivity contribution is 5.88. The molecule has 0 aliphatic rings. The third-order valence-corrected chi connectivity index (χ3v) is 2.77. The number of rotatable bonds is 4. The Hall–Kier alpha value is -2.70. The van der Waals surface area contributed by atoms with E-state index in [1.54, 1.807) is 19.2 Å². The molecule has 110 valence electrons. The molecule has 0 unspecified atom stereocenters. The molecule has 2 aromatic rings. The minimum Gasteiger partial charge on any atom is -0.481 e. The first-order valence-corrected chi connectivity index (χ1v) is 6.21. The van der Waals surface area contributed by atoms with Crippen molar-refractivity contribution in [3.63, 3.8) is 0 Å². The predicted molar refractivity (Wildman–Crippen MR) is 75.5 cm³/mol. The summed E-state index contributed by atoms with van der Waals surface area (Å²) in [6.45, 7) is 0.355. The third-order valence-electron chi connectivity index (χ3n) is 2.77. The van der Waals surface area contributed by atoms with Crippen LogP contribution in [-0.2, 0) is 6.54 Å². The van der Waals surface area contributed by atoms with Crippen LogP contribution in [0.4, 0.5) is 15.0 Å². The van der Waals surface area contributed by atoms with Crippen LogP contribution in [0.5, 0.6) is 5.88 Å². The first-order valence-electron chi connectivity index (χ1n) is 6.21. The van der Waals surface area contributed by atoms with E-state index < -0.39 is 0 Å². The molecular weight excluding hydrogens is 275 g/mol. The van der Waals surface area contributed by atoms with Gasteiger partial charge >= 0.3 is 6.03 Å². The molecule has 7 heteroatoms. The quantitative estimate of drug-likeness (QED) is 0.938. The summed E-state index contributed by atoms with van der Waals surface area (Å²) in [4.78, 5) is 21.3. The fraction of sp³-hybridized carbons (Fsp3) is 0.214. The number of nitrogens with one attached hydrogen (secondary N) is 1. The van der Waals surface area contributed by atoms with Gasteiger partial charge in [-0.15, -0.1) is 0 Å². The highest BCUT2D eigenvalue weighted by Gasteiger charge is 2.10. The van der Waals surface area contributed by atoms with Crippen molar-refractivity contribution in [3.8, 4) is 5.88 Å². The van der Waals surface area contributed by atoms with Crippen molar-refractivity contribution in [3.05, 3.63) is 48.0 Å². The molecule has 0 aliphatic carbocycles. The first-order chi connectivity index (χ1) is 10.1. The van der Waals surface area contributed by atoms with Gasteiger partial charge in [-0.05, 0) is 17.7 Å². The summed E-state index contributed by atoms with van der Waals surface area (Å²) in [7, 11) is 3.12. The number of anilines is 1. The SMILES string of the molecule is COc1cc(NC(=O)N(C)Cc2ccc(F)cc2)ncn1. The minimum atomic E-state index is -0.333. The van der Waals surface area contributed by atoms with Crippen molar-refractivity contribution in [2.45, 2.75) is 6.54 Å². The van der Waals surface area contributed by atoms with Gasteiger partial charge in [-0.1, -0.05) is 12.1 Å². The number of nitrogens with zero attached hydrogens (tertiary/aromatic N) is 3. The Morgan fingerprint density at radius 1 is 1.33 bits per heavy atom. The molecule has 0 saturated carbocycles. The number of carbonyl (C=O) groups is 1. The maximum absolute atomic E-state index is 12.8. The van der Waals surface area contributed by atoms with Crippen LogP contribution in [0.2, 0.25) is 0 Å². The summed E-state index contributed by atoms with van der Waals surface area (Å²) < 4.78 is 17.8. The lowest BCUT2D eigenvalue weighted by Crippen LogP contribution is -2.31. The van der Waals surface area contributed by atoms with Gasteiger partial charge in [-0.25, -0.2) is 19.2 Å². The molecule has 1 aromatic carbocycles. The van der Waals surface area contributed by atoms with Crippen LogP contribution < -0.4 is 10.1 Å². The lowest BCUT2D eigenvalue weighted by molar-refractivity contribution is 0.220. The van der Waals surface area contributed by atoms with Gasteiger partial charge in [-0.3, -0.25) is 5.32 Å². The summed E-state index contributed by atoms with van der Waals surface area (Å²) >= 11 is 0. The second-order valence-corrected chi connectivity index (χ2v) is 4.36. The average molecular weight is 290 g/mol. The number of aromatic nitrogens is 2. The molecule has 1 heterocycles. The maximum Gasteiger partial charge on any atom is 0.323 e. The lowest BCUT2D eigenvalue weighted by Gasteiger charge is -2.17. The second-order valence-electron chi connectivity index (χ2n) is 4.36. The molecule has 0 aliphatic heterocycles. The molecule has 0 atom stereocenters. The second kappa shape index (κ2) is 6.65. The largest absolute Gasteiger partial charge is 0.481 e. The Kier molecular flexibility index (Phi) is 4.65. The Morgan fingerprint density at radius 3 is 2.71 bits per heavy atom. The molecule has 0 fully saturated rings. The predicted octanol–water partition coefficient (Wildman–Crippen LogP) is 2.29. The number of hydrogen-bond donors (Lipinski definition) is 1. The Labute approximate surface area is 121 Å². The number of amides is 2. The molecule has 2 amide bonds. The van der Waals surface area contributed by atoms with E-state index in [1.165, 1.54) is 36.5 Å². The normalized spacial score (nSPS) is 10.0. The van der Waals surface area contributed by atoms with Crippen molar-refractivity contribution in [2.24, 2.45) is 0 Å². The number of halogens is 1. The number of methoxy groups -OCH3 is 1. The number of urea groups is 1. The van der Waals surface area contributed by atoms with Crippen molar-refractivity contribution >= 4 is 11.8 Å². The van der Waals surface area contributed by atoms with Crippen molar-refractivity contribution in [1.29, 1.82) is 0 Å². The maximum atomic E-state index is 12.8. The lowest BCUT2D eigenvalue weighted by atomic mass is 10.2. The molecule has 1 aromatic heterocycles. The fourth-order valence-electron chi connectivity index (χ4n) is 1.66. The molecule has 1 N–H and O–H groups in total. The van der Waals surface area contributed by atoms with Crippen LogP contribution in [0, 0.1) is 5.82 Å². The highest BCUT2D eigenvalue weighted by Crippen LogP contribution is 2.11. The van der Waals surface area contributed by atoms with Gasteiger partial charge in [0, 0.05) is 19.7 Å². The van der Waals surface area contributed by atoms with E-state index in [9.17, 15) is 9.18 Å². The van der Waals surface area contributed by atoms with Gasteiger partial charge in [0.15, 0.2) is 0 Å². The van der Waals surface area contributed by atoms with E-state index >= 15 is 0 Å². The monoisotopic (exact) mass is 290 g/mol. The standard InChI is InChI=1S/C14H15FN4O2/c1-19(8-10-3-5-11(15)6-4-10)14(20)18-12-7-13(21-2)17-9-16-12/h3-7,9H,8H2,1-2H3,(H,16,17,18,20). The van der Waals surface area contributed by atoms with Crippen LogP contribution in [0.25, 0.3) is 0 Å². The summed E-state index contributed by atoms with van der Waals surface area (Å²) in [5, 5.41) is 2.63. The molecular formula is C14H15FN4O2. The van der Waals surface area contributed by atoms with Gasteiger partial charge in [0.25, 0.3) is 0 Å². The zero-order chi connectivity index (χ0) is 15.2. The van der Waals surface area contributed by atoms with Crippen molar-refractivity contribution in [2.75, 3.05) is 19.5 Å². The van der Waals surface area contributed by atoms with Gasteiger partial charge in [-0.2, -0.15) is 0 Å². The van der Waals surface area contributed by atoms with E-state index in [0.717, 1.165) is 5.56 Å². The molecule has 6 nitrogen and oxygen atoms in total. The number of carbonyl (C=O) groups excluding carboxylic acids is 1. The highest BCUT2D eigenvalue weighted by atomic mass is 19.1. The van der Waals surface area contributed by atoms with Crippen LogP contribution in [0.3, 0.4) is 0 Å². The zero-order valence-electron chi connectivity index (χ0n) is 11.7. The van der Waals surface area contributed by atoms with E-state index in [2.05, 4.69) is 15.3 Å². The molecule has 0 radical (unpaired) electrons. The summed E-state index contributed by atoms with van der Waals surface area (Å²) in [6, 6.07) is 7.16. The van der Waals surface area contributed by atoms with E-state index in [4.69, 9.17) is 4.74 Å². The van der Waals surface area contributed by atoms with E-state index in [0.29, 0.717) is 18.2 Å². The Morgan fingerprint density at radius 2 is 2.05 bits per heavy atom. The van der Waals surface area contributed by atoms with Gasteiger partial charge in [0.2, 0.25) is 5.88 Å². The van der Waals surface area contributed by atoms with Gasteiger partial charge < -0.3 is 9.64 Å². The minimum absolute atomic E-state index is 0.307. The van der Waals surface area contributed by atoms with Crippen LogP contribution in [0.15, 0.2) is 36.7 Å². The number of ether oxygens (including phenoxy) is 1. The summed E-state index contributed by atoms with van der Waals surface area (Å²) in [6.07, 6.45) is 1.30. The van der Waals surface area contributed by atoms with Crippen LogP contribution >= 0.6 is 0 Å². The van der Waals surface area contributed by atoms with E-state index in [-0.39, 0.29) is 11.8 Å². The van der Waals surface area contributed by atoms with Crippen LogP contribution in [0.1, 0.15) is 5.56 Å². The van der Waals surface area contributed by atoms with Gasteiger partial charge in [0.1, 0.15) is 18.0 Å². The molecule has 21 heavy (non-hydrogen) atoms. The Balaban J connectivity index is 1.97. The zero-order valence-corrected chi connectivity index (χ0v) is 11.7. The van der Waals surface area contributed by atoms with Crippen LogP contribution in [-0.4, -0.2) is 35.1 Å². The fourth-order valence-corrected chi connectivity index (χ4v) is 1.66. The van der Waals surface area contributed by atoms with E-state index in [1.807, 2.05) is 0 Å². The van der Waals surface area contributed by atoms with Crippen molar-refractivity contribution < 1.29 is 13.9 Å². The van der Waals surface area contributed by atoms with Gasteiger partial charge in [0.05, 0.1) is 7.11 Å². The average Bonchev–Trinajstić information content (AvgIpc) is 2.49. The summed E-state index contributed by atoms with van der Waals surface area (Å²) in [5.74, 6) is 0.401. The number of benzene rings is 1. The topological polar surface area (TPSA) is 67.3 Å². The molecule has 0 saturated heterocycles. The summed E-state index contributed by atoms with van der Waals surface area (Å²) in [5.41, 5.74) is 0.828. The van der Waals surface area contributed by atoms with Crippen molar-refractivity contribution in [1.82, 2.24) is 14.9 Å². The molecule has 2 rings (SSSR count). The first kappa shape index (κ1) is 14.7. The number of hydrogen-bond acceptors (Lipinski definition) is 4. The molecule has 0 bridgehead atoms. The smallest absolute Gasteiger partial charge is 0.323 e. The molecule has 0 spiro atoms. The Bertz CT molecular complexity index is 619. The third kappa shape index (κ3) is 4.13.